The highest BCUT2D eigenvalue weighted by atomic mass is 35.5. The second-order valence-electron chi connectivity index (χ2n) is 6.17. The maximum absolute atomic E-state index is 14.0. The molecule has 2 heterocycles. The summed E-state index contributed by atoms with van der Waals surface area (Å²) in [5, 5.41) is 0.455. The van der Waals surface area contributed by atoms with Crippen LogP contribution in [0.4, 0.5) is 10.1 Å². The van der Waals surface area contributed by atoms with Crippen molar-refractivity contribution in [1.82, 2.24) is 4.90 Å². The van der Waals surface area contributed by atoms with Crippen LogP contribution in [-0.2, 0) is 9.67 Å². The molecule has 1 spiro atoms. The van der Waals surface area contributed by atoms with Crippen LogP contribution < -0.4 is 4.90 Å². The highest BCUT2D eigenvalue weighted by Gasteiger charge is 2.59. The Morgan fingerprint density at radius 1 is 1.31 bits per heavy atom. The lowest BCUT2D eigenvalue weighted by atomic mass is 10.0. The minimum Gasteiger partial charge on any atom is -0.311 e. The van der Waals surface area contributed by atoms with Gasteiger partial charge in [0.25, 0.3) is 11.8 Å². The van der Waals surface area contributed by atoms with Crippen molar-refractivity contribution in [3.05, 3.63) is 64.4 Å². The van der Waals surface area contributed by atoms with Gasteiger partial charge in [-0.05, 0) is 43.3 Å². The number of carbonyl (C=O) groups excluding carboxylic acids is 2. The Balaban J connectivity index is 1.86. The van der Waals surface area contributed by atoms with Crippen LogP contribution in [0.3, 0.4) is 0 Å². The van der Waals surface area contributed by atoms with Crippen molar-refractivity contribution in [2.24, 2.45) is 0 Å². The van der Waals surface area contributed by atoms with Gasteiger partial charge in [0.05, 0.1) is 5.69 Å². The molecule has 0 aliphatic carbocycles. The molecule has 0 saturated carbocycles. The van der Waals surface area contributed by atoms with E-state index in [4.69, 9.17) is 11.6 Å². The summed E-state index contributed by atoms with van der Waals surface area (Å²) < 4.78 is 14.0. The van der Waals surface area contributed by atoms with Gasteiger partial charge in [-0.2, -0.15) is 0 Å². The molecule has 134 valence electrons. The number of rotatable bonds is 2. The summed E-state index contributed by atoms with van der Waals surface area (Å²) in [4.78, 5) is 28.4. The third-order valence-electron chi connectivity index (χ3n) is 4.79. The van der Waals surface area contributed by atoms with Gasteiger partial charge in [-0.15, -0.1) is 11.8 Å². The van der Waals surface area contributed by atoms with Crippen molar-refractivity contribution >= 4 is 40.9 Å². The van der Waals surface area contributed by atoms with Gasteiger partial charge >= 0.3 is 0 Å². The number of hydrogen-bond acceptors (Lipinski definition) is 3. The minimum absolute atomic E-state index is 0.196. The van der Waals surface area contributed by atoms with Gasteiger partial charge in [-0.3, -0.25) is 9.59 Å². The number of carbonyl (C=O) groups is 2. The highest BCUT2D eigenvalue weighted by molar-refractivity contribution is 8.01. The van der Waals surface area contributed by atoms with E-state index in [9.17, 15) is 14.0 Å². The largest absolute Gasteiger partial charge is 0.311 e. The molecule has 0 unspecified atom stereocenters. The quantitative estimate of drug-likeness (QED) is 0.781. The third-order valence-corrected chi connectivity index (χ3v) is 6.44. The number of likely N-dealkylation sites (N-methyl/N-ethyl adjacent to an activating group) is 1. The van der Waals surface area contributed by atoms with E-state index in [0.717, 1.165) is 0 Å². The monoisotopic (exact) mass is 390 g/mol. The van der Waals surface area contributed by atoms with Crippen molar-refractivity contribution in [2.75, 3.05) is 23.7 Å². The summed E-state index contributed by atoms with van der Waals surface area (Å²) >= 11 is 7.40. The van der Waals surface area contributed by atoms with E-state index in [1.807, 2.05) is 6.92 Å². The lowest BCUT2D eigenvalue weighted by Crippen LogP contribution is -2.50. The van der Waals surface area contributed by atoms with Crippen molar-refractivity contribution < 1.29 is 14.0 Å². The molecule has 26 heavy (non-hydrogen) atoms. The predicted octanol–water partition coefficient (Wildman–Crippen LogP) is 3.89. The molecule has 1 fully saturated rings. The average Bonchev–Trinajstić information content (AvgIpc) is 3.17. The van der Waals surface area contributed by atoms with E-state index in [1.54, 1.807) is 40.1 Å². The third kappa shape index (κ3) is 2.36. The summed E-state index contributed by atoms with van der Waals surface area (Å²) in [6.07, 6.45) is 0. The fraction of sp³-hybridized carbons (Fsp3) is 0.263. The molecule has 7 heteroatoms. The Hall–Kier alpha value is -2.05. The number of fused-ring (bicyclic) bond motifs is 2. The first-order chi connectivity index (χ1) is 12.5. The van der Waals surface area contributed by atoms with Crippen LogP contribution in [-0.4, -0.2) is 35.6 Å². The smallest absolute Gasteiger partial charge is 0.268 e. The average molecular weight is 391 g/mol. The first-order valence-corrected chi connectivity index (χ1v) is 9.69. The zero-order chi connectivity index (χ0) is 18.5. The van der Waals surface area contributed by atoms with Crippen LogP contribution in [0.1, 0.15) is 22.8 Å². The van der Waals surface area contributed by atoms with Crippen molar-refractivity contribution in [2.45, 2.75) is 11.8 Å². The van der Waals surface area contributed by atoms with Gasteiger partial charge < -0.3 is 9.80 Å². The zero-order valence-electron chi connectivity index (χ0n) is 14.0. The molecule has 0 N–H and O–H groups in total. The van der Waals surface area contributed by atoms with Crippen molar-refractivity contribution in [3.63, 3.8) is 0 Å². The summed E-state index contributed by atoms with van der Waals surface area (Å²) in [5.74, 6) is -0.292. The van der Waals surface area contributed by atoms with Crippen LogP contribution in [0.2, 0.25) is 5.02 Å². The van der Waals surface area contributed by atoms with E-state index < -0.39 is 10.7 Å². The molecule has 2 amide bonds. The normalized spacial score (nSPS) is 21.6. The molecular weight excluding hydrogens is 375 g/mol. The summed E-state index contributed by atoms with van der Waals surface area (Å²) in [6, 6.07) is 11.0. The van der Waals surface area contributed by atoms with E-state index in [-0.39, 0.29) is 11.8 Å². The second kappa shape index (κ2) is 6.28. The van der Waals surface area contributed by atoms with Crippen LogP contribution in [0.15, 0.2) is 42.5 Å². The number of thioether (sulfide) groups is 1. The topological polar surface area (TPSA) is 40.6 Å². The van der Waals surface area contributed by atoms with Gasteiger partial charge in [-0.1, -0.05) is 17.7 Å². The van der Waals surface area contributed by atoms with Crippen LogP contribution in [0.25, 0.3) is 0 Å². The molecule has 4 nitrogen and oxygen atoms in total. The van der Waals surface area contributed by atoms with Crippen LogP contribution in [0.5, 0.6) is 0 Å². The van der Waals surface area contributed by atoms with Gasteiger partial charge in [0, 0.05) is 35.0 Å². The number of amides is 2. The van der Waals surface area contributed by atoms with Gasteiger partial charge in [0.1, 0.15) is 5.82 Å². The Morgan fingerprint density at radius 3 is 2.85 bits per heavy atom. The van der Waals surface area contributed by atoms with E-state index >= 15 is 0 Å². The number of hydrogen-bond donors (Lipinski definition) is 0. The predicted molar refractivity (Wildman–Crippen MR) is 101 cm³/mol. The van der Waals surface area contributed by atoms with Crippen LogP contribution >= 0.6 is 23.4 Å². The maximum atomic E-state index is 14.0. The first-order valence-electron chi connectivity index (χ1n) is 8.32. The number of anilines is 1. The minimum atomic E-state index is -1.22. The summed E-state index contributed by atoms with van der Waals surface area (Å²) in [5.41, 5.74) is 1.62. The van der Waals surface area contributed by atoms with Crippen molar-refractivity contribution in [3.8, 4) is 0 Å². The Kier molecular flexibility index (Phi) is 4.20. The molecule has 2 aliphatic heterocycles. The molecule has 2 aliphatic rings. The lowest BCUT2D eigenvalue weighted by Gasteiger charge is -2.33. The summed E-state index contributed by atoms with van der Waals surface area (Å²) in [6.45, 7) is 2.74. The van der Waals surface area contributed by atoms with Gasteiger partial charge in [0.15, 0.2) is 4.87 Å². The molecule has 2 aromatic rings. The number of nitrogens with zero attached hydrogens (tertiary/aromatic N) is 2. The highest BCUT2D eigenvalue weighted by Crippen LogP contribution is 2.54. The van der Waals surface area contributed by atoms with E-state index in [2.05, 4.69) is 0 Å². The first kappa shape index (κ1) is 17.4. The van der Waals surface area contributed by atoms with Crippen molar-refractivity contribution in [1.29, 1.82) is 0 Å². The van der Waals surface area contributed by atoms with E-state index in [0.29, 0.717) is 40.7 Å². The Labute approximate surface area is 159 Å². The molecule has 1 saturated heterocycles. The molecular formula is C19H16ClFN2O2S. The number of halogens is 2. The molecule has 0 aromatic heterocycles. The molecule has 2 aromatic carbocycles. The molecule has 4 rings (SSSR count). The molecule has 1 atom stereocenters. The molecule has 0 radical (unpaired) electrons. The fourth-order valence-corrected chi connectivity index (χ4v) is 5.32. The second-order valence-corrected chi connectivity index (χ2v) is 7.89. The number of benzene rings is 2. The fourth-order valence-electron chi connectivity index (χ4n) is 3.68. The SMILES string of the molecule is CCN1C(=O)[C@@]2(SCCN2C(=O)c2cccc(Cl)c2)c2cc(F)ccc21. The maximum Gasteiger partial charge on any atom is 0.268 e. The summed E-state index contributed by atoms with van der Waals surface area (Å²) in [7, 11) is 0. The van der Waals surface area contributed by atoms with E-state index in [1.165, 1.54) is 23.9 Å². The molecule has 0 bridgehead atoms. The van der Waals surface area contributed by atoms with Crippen LogP contribution in [0, 0.1) is 5.82 Å². The zero-order valence-corrected chi connectivity index (χ0v) is 15.6. The lowest BCUT2D eigenvalue weighted by molar-refractivity contribution is -0.123. The van der Waals surface area contributed by atoms with Gasteiger partial charge in [-0.25, -0.2) is 4.39 Å². The Bertz CT molecular complexity index is 922. The standard InChI is InChI=1S/C19H16ClFN2O2S/c1-2-22-16-7-6-14(21)11-15(16)19(18(22)25)23(8-9-26-19)17(24)12-4-3-5-13(20)10-12/h3-7,10-11H,2,8-9H2,1H3/t19-/m0/s1. The van der Waals surface area contributed by atoms with Gasteiger partial charge in [0.2, 0.25) is 0 Å². The Morgan fingerprint density at radius 2 is 2.12 bits per heavy atom.